The summed E-state index contributed by atoms with van der Waals surface area (Å²) >= 11 is 3.67. The molecule has 0 aliphatic heterocycles. The zero-order valence-corrected chi connectivity index (χ0v) is 12.0. The van der Waals surface area contributed by atoms with E-state index in [1.165, 1.54) is 46.9 Å². The highest BCUT2D eigenvalue weighted by atomic mass is 32.2. The molecular formula is C14H18N2S2. The van der Waals surface area contributed by atoms with E-state index in [2.05, 4.69) is 4.98 Å². The number of hydrogen-bond acceptors (Lipinski definition) is 4. The number of aromatic nitrogens is 1. The maximum Gasteiger partial charge on any atom is 0.151 e. The van der Waals surface area contributed by atoms with Gasteiger partial charge in [-0.25, -0.2) is 4.98 Å². The van der Waals surface area contributed by atoms with Gasteiger partial charge in [0.25, 0.3) is 0 Å². The Kier molecular flexibility index (Phi) is 3.75. The standard InChI is InChI=1S/C14H18N2S2/c15-11-5-6-12-13(9-11)18-14(16-12)17-8-7-10-3-1-2-4-10/h5-6,9-10H,1-4,7-8,15H2. The van der Waals surface area contributed by atoms with Crippen molar-refractivity contribution in [3.05, 3.63) is 18.2 Å². The van der Waals surface area contributed by atoms with E-state index in [1.807, 2.05) is 30.0 Å². The first-order chi connectivity index (χ1) is 8.81. The smallest absolute Gasteiger partial charge is 0.151 e. The lowest BCUT2D eigenvalue weighted by atomic mass is 10.1. The molecule has 2 aromatic rings. The van der Waals surface area contributed by atoms with E-state index in [0.717, 1.165) is 17.1 Å². The molecule has 1 fully saturated rings. The topological polar surface area (TPSA) is 38.9 Å². The number of fused-ring (bicyclic) bond motifs is 1. The van der Waals surface area contributed by atoms with Gasteiger partial charge in [-0.3, -0.25) is 0 Å². The maximum atomic E-state index is 5.79. The molecule has 1 aliphatic carbocycles. The Morgan fingerprint density at radius 1 is 1.33 bits per heavy atom. The van der Waals surface area contributed by atoms with Crippen molar-refractivity contribution in [2.75, 3.05) is 11.5 Å². The Hall–Kier alpha value is -0.740. The summed E-state index contributed by atoms with van der Waals surface area (Å²) in [4.78, 5) is 4.64. The molecule has 1 saturated carbocycles. The van der Waals surface area contributed by atoms with Crippen LogP contribution in [0.2, 0.25) is 0 Å². The van der Waals surface area contributed by atoms with Crippen molar-refractivity contribution in [2.45, 2.75) is 36.4 Å². The van der Waals surface area contributed by atoms with Gasteiger partial charge in [-0.15, -0.1) is 11.3 Å². The fourth-order valence-electron chi connectivity index (χ4n) is 2.59. The van der Waals surface area contributed by atoms with Crippen LogP contribution in [0.3, 0.4) is 0 Å². The van der Waals surface area contributed by atoms with E-state index in [-0.39, 0.29) is 0 Å². The summed E-state index contributed by atoms with van der Waals surface area (Å²) < 4.78 is 2.40. The average molecular weight is 278 g/mol. The summed E-state index contributed by atoms with van der Waals surface area (Å²) in [5.74, 6) is 2.18. The third-order valence-corrected chi connectivity index (χ3v) is 5.81. The molecule has 3 rings (SSSR count). The van der Waals surface area contributed by atoms with E-state index < -0.39 is 0 Å². The molecule has 0 saturated heterocycles. The quantitative estimate of drug-likeness (QED) is 0.658. The molecule has 96 valence electrons. The Labute approximate surface area is 116 Å². The lowest BCUT2D eigenvalue weighted by molar-refractivity contribution is 0.535. The number of thiazole rings is 1. The SMILES string of the molecule is Nc1ccc2nc(SCCC3CCCC3)sc2c1. The normalized spacial score (nSPS) is 16.7. The van der Waals surface area contributed by atoms with Crippen molar-refractivity contribution in [2.24, 2.45) is 5.92 Å². The van der Waals surface area contributed by atoms with Crippen molar-refractivity contribution >= 4 is 39.0 Å². The Balaban J connectivity index is 1.60. The van der Waals surface area contributed by atoms with Gasteiger partial charge in [0.15, 0.2) is 4.34 Å². The van der Waals surface area contributed by atoms with Gasteiger partial charge in [0.2, 0.25) is 0 Å². The number of rotatable bonds is 4. The van der Waals surface area contributed by atoms with Crippen LogP contribution in [0.15, 0.2) is 22.5 Å². The zero-order valence-electron chi connectivity index (χ0n) is 10.4. The van der Waals surface area contributed by atoms with Crippen LogP contribution >= 0.6 is 23.1 Å². The molecule has 18 heavy (non-hydrogen) atoms. The molecule has 1 aromatic heterocycles. The van der Waals surface area contributed by atoms with Crippen LogP contribution < -0.4 is 5.73 Å². The zero-order chi connectivity index (χ0) is 12.4. The number of thioether (sulfide) groups is 1. The molecule has 0 amide bonds. The highest BCUT2D eigenvalue weighted by molar-refractivity contribution is 8.01. The monoisotopic (exact) mass is 278 g/mol. The van der Waals surface area contributed by atoms with Crippen molar-refractivity contribution in [1.82, 2.24) is 4.98 Å². The molecule has 1 heterocycles. The number of hydrogen-bond donors (Lipinski definition) is 1. The average Bonchev–Trinajstić information content (AvgIpc) is 2.97. The Morgan fingerprint density at radius 3 is 3.00 bits per heavy atom. The van der Waals surface area contributed by atoms with E-state index in [9.17, 15) is 0 Å². The Bertz CT molecular complexity index is 530. The van der Waals surface area contributed by atoms with Gasteiger partial charge in [0, 0.05) is 11.4 Å². The first-order valence-electron chi connectivity index (χ1n) is 6.60. The fraction of sp³-hybridized carbons (Fsp3) is 0.500. The third-order valence-electron chi connectivity index (χ3n) is 3.62. The molecule has 0 unspecified atom stereocenters. The molecule has 0 bridgehead atoms. The first-order valence-corrected chi connectivity index (χ1v) is 8.40. The summed E-state index contributed by atoms with van der Waals surface area (Å²) in [6, 6.07) is 5.96. The van der Waals surface area contributed by atoms with Gasteiger partial charge in [-0.1, -0.05) is 37.4 Å². The molecule has 0 atom stereocenters. The van der Waals surface area contributed by atoms with Crippen molar-refractivity contribution in [3.8, 4) is 0 Å². The predicted octanol–water partition coefficient (Wildman–Crippen LogP) is 4.55. The van der Waals surface area contributed by atoms with Gasteiger partial charge in [0.1, 0.15) is 0 Å². The van der Waals surface area contributed by atoms with Gasteiger partial charge < -0.3 is 5.73 Å². The van der Waals surface area contributed by atoms with Gasteiger partial charge in [-0.2, -0.15) is 0 Å². The number of anilines is 1. The molecule has 2 nitrogen and oxygen atoms in total. The van der Waals surface area contributed by atoms with E-state index in [0.29, 0.717) is 0 Å². The maximum absolute atomic E-state index is 5.79. The molecule has 0 spiro atoms. The minimum atomic E-state index is 0.827. The molecule has 4 heteroatoms. The summed E-state index contributed by atoms with van der Waals surface area (Å²) in [7, 11) is 0. The van der Waals surface area contributed by atoms with Crippen LogP contribution in [-0.2, 0) is 0 Å². The summed E-state index contributed by atoms with van der Waals surface area (Å²) in [6.45, 7) is 0. The second kappa shape index (κ2) is 5.49. The minimum Gasteiger partial charge on any atom is -0.399 e. The van der Waals surface area contributed by atoms with Gasteiger partial charge in [-0.05, 0) is 30.5 Å². The minimum absolute atomic E-state index is 0.827. The van der Waals surface area contributed by atoms with Crippen molar-refractivity contribution in [3.63, 3.8) is 0 Å². The van der Waals surface area contributed by atoms with Gasteiger partial charge in [0.05, 0.1) is 10.2 Å². The van der Waals surface area contributed by atoms with Crippen molar-refractivity contribution in [1.29, 1.82) is 0 Å². The predicted molar refractivity (Wildman–Crippen MR) is 81.3 cm³/mol. The van der Waals surface area contributed by atoms with Crippen LogP contribution in [0, 0.1) is 5.92 Å². The second-order valence-electron chi connectivity index (χ2n) is 4.99. The first kappa shape index (κ1) is 12.3. The van der Waals surface area contributed by atoms with E-state index in [4.69, 9.17) is 5.73 Å². The lowest BCUT2D eigenvalue weighted by Crippen LogP contribution is -1.94. The van der Waals surface area contributed by atoms with Crippen molar-refractivity contribution < 1.29 is 0 Å². The largest absolute Gasteiger partial charge is 0.399 e. The summed E-state index contributed by atoms with van der Waals surface area (Å²) in [6.07, 6.45) is 7.11. The summed E-state index contributed by atoms with van der Waals surface area (Å²) in [5.41, 5.74) is 7.70. The number of nitrogens with zero attached hydrogens (tertiary/aromatic N) is 1. The molecule has 1 aromatic carbocycles. The van der Waals surface area contributed by atoms with Gasteiger partial charge >= 0.3 is 0 Å². The van der Waals surface area contributed by atoms with Crippen LogP contribution in [0.4, 0.5) is 5.69 Å². The fourth-order valence-corrected chi connectivity index (χ4v) is 4.88. The number of nitrogen functional groups attached to an aromatic ring is 1. The summed E-state index contributed by atoms with van der Waals surface area (Å²) in [5, 5.41) is 0. The highest BCUT2D eigenvalue weighted by Crippen LogP contribution is 2.33. The van der Waals surface area contributed by atoms with Crippen LogP contribution in [0.5, 0.6) is 0 Å². The van der Waals surface area contributed by atoms with E-state index in [1.54, 1.807) is 11.3 Å². The van der Waals surface area contributed by atoms with Crippen LogP contribution in [-0.4, -0.2) is 10.7 Å². The second-order valence-corrected chi connectivity index (χ2v) is 7.37. The van der Waals surface area contributed by atoms with Crippen LogP contribution in [0.1, 0.15) is 32.1 Å². The number of nitrogens with two attached hydrogens (primary N) is 1. The van der Waals surface area contributed by atoms with E-state index >= 15 is 0 Å². The molecular weight excluding hydrogens is 260 g/mol. The third kappa shape index (κ3) is 2.81. The molecule has 1 aliphatic rings. The number of benzene rings is 1. The Morgan fingerprint density at radius 2 is 2.17 bits per heavy atom. The molecule has 0 radical (unpaired) electrons. The lowest BCUT2D eigenvalue weighted by Gasteiger charge is -2.06. The molecule has 2 N–H and O–H groups in total. The highest BCUT2D eigenvalue weighted by Gasteiger charge is 2.14. The van der Waals surface area contributed by atoms with Crippen LogP contribution in [0.25, 0.3) is 10.2 Å².